The van der Waals surface area contributed by atoms with Crippen LogP contribution in [0.25, 0.3) is 11.0 Å². The molecule has 182 valence electrons. The Hall–Kier alpha value is -2.64. The van der Waals surface area contributed by atoms with Crippen LogP contribution in [0.2, 0.25) is 0 Å². The molecule has 0 aliphatic carbocycles. The molecule has 3 aromatic rings. The number of nitrogens with one attached hydrogen (secondary N) is 1. The molecule has 1 aliphatic rings. The predicted molar refractivity (Wildman–Crippen MR) is 134 cm³/mol. The minimum absolute atomic E-state index is 0.0284. The number of carbonyl (C=O) groups is 1. The summed E-state index contributed by atoms with van der Waals surface area (Å²) >= 11 is 0. The van der Waals surface area contributed by atoms with Crippen molar-refractivity contribution in [2.75, 3.05) is 13.1 Å². The largest absolute Gasteiger partial charge is 0.451 e. The van der Waals surface area contributed by atoms with Crippen molar-refractivity contribution in [2.45, 2.75) is 57.9 Å². The molecule has 7 heteroatoms. The molecule has 0 spiro atoms. The fraction of sp³-hybridized carbons (Fsp3) is 0.444. The third kappa shape index (κ3) is 5.20. The summed E-state index contributed by atoms with van der Waals surface area (Å²) in [5.41, 5.74) is 2.40. The van der Waals surface area contributed by atoms with E-state index in [1.807, 2.05) is 25.1 Å². The van der Waals surface area contributed by atoms with Gasteiger partial charge in [0, 0.05) is 30.1 Å². The molecular formula is C27H34N2O4S. The normalized spacial score (nSPS) is 20.4. The number of amides is 1. The summed E-state index contributed by atoms with van der Waals surface area (Å²) in [6, 6.07) is 15.0. The van der Waals surface area contributed by atoms with Gasteiger partial charge in [-0.3, -0.25) is 4.79 Å². The number of piperidine rings is 1. The van der Waals surface area contributed by atoms with Gasteiger partial charge in [0.1, 0.15) is 5.58 Å². The Kier molecular flexibility index (Phi) is 7.14. The van der Waals surface area contributed by atoms with Crippen molar-refractivity contribution in [3.05, 3.63) is 65.4 Å². The van der Waals surface area contributed by atoms with Crippen molar-refractivity contribution in [3.63, 3.8) is 0 Å². The molecule has 3 atom stereocenters. The molecule has 0 bridgehead atoms. The number of aryl methyl sites for hydroxylation is 2. The Labute approximate surface area is 202 Å². The standard InChI is InChI=1S/C27H34N2O4S/c1-18-14-19(2)17-29(16-18)34(31,32)23-12-13-25-24(15-23)21(4)26(33-25)27(30)28-20(3)10-11-22-8-6-5-7-9-22/h5-9,12-13,15,18-20H,10-11,14,16-17H2,1-4H3,(H,28,30)/t18-,19-,20-/m1/s1. The highest BCUT2D eigenvalue weighted by molar-refractivity contribution is 7.89. The summed E-state index contributed by atoms with van der Waals surface area (Å²) in [5, 5.41) is 3.67. The van der Waals surface area contributed by atoms with Gasteiger partial charge in [-0.25, -0.2) is 8.42 Å². The summed E-state index contributed by atoms with van der Waals surface area (Å²) in [6.45, 7) is 9.02. The van der Waals surface area contributed by atoms with Crippen molar-refractivity contribution in [1.29, 1.82) is 0 Å². The predicted octanol–water partition coefficient (Wildman–Crippen LogP) is 5.16. The van der Waals surface area contributed by atoms with Crippen LogP contribution >= 0.6 is 0 Å². The van der Waals surface area contributed by atoms with Crippen LogP contribution in [-0.4, -0.2) is 37.8 Å². The highest BCUT2D eigenvalue weighted by atomic mass is 32.2. The maximum absolute atomic E-state index is 13.3. The van der Waals surface area contributed by atoms with Crippen molar-refractivity contribution in [2.24, 2.45) is 11.8 Å². The summed E-state index contributed by atoms with van der Waals surface area (Å²) in [5.74, 6) is 0.614. The van der Waals surface area contributed by atoms with E-state index in [9.17, 15) is 13.2 Å². The van der Waals surface area contributed by atoms with Gasteiger partial charge in [-0.15, -0.1) is 0 Å². The third-order valence-electron chi connectivity index (χ3n) is 6.67. The first-order chi connectivity index (χ1) is 16.1. The van der Waals surface area contributed by atoms with Gasteiger partial charge in [-0.1, -0.05) is 44.2 Å². The lowest BCUT2D eigenvalue weighted by Crippen LogP contribution is -2.42. The first kappa shape index (κ1) is 24.5. The topological polar surface area (TPSA) is 79.6 Å². The van der Waals surface area contributed by atoms with Crippen molar-refractivity contribution in [1.82, 2.24) is 9.62 Å². The molecule has 0 saturated carbocycles. The van der Waals surface area contributed by atoms with Crippen LogP contribution in [-0.2, 0) is 16.4 Å². The Morgan fingerprint density at radius 3 is 2.47 bits per heavy atom. The van der Waals surface area contributed by atoms with Gasteiger partial charge in [-0.2, -0.15) is 4.31 Å². The van der Waals surface area contributed by atoms with E-state index in [0.717, 1.165) is 19.3 Å². The molecule has 1 saturated heterocycles. The van der Waals surface area contributed by atoms with Crippen LogP contribution < -0.4 is 5.32 Å². The van der Waals surface area contributed by atoms with Crippen molar-refractivity contribution < 1.29 is 17.6 Å². The first-order valence-electron chi connectivity index (χ1n) is 12.0. The highest BCUT2D eigenvalue weighted by Gasteiger charge is 2.32. The van der Waals surface area contributed by atoms with Crippen LogP contribution in [0.4, 0.5) is 0 Å². The number of benzene rings is 2. The van der Waals surface area contributed by atoms with E-state index in [1.54, 1.807) is 29.4 Å². The molecule has 6 nitrogen and oxygen atoms in total. The average Bonchev–Trinajstić information content (AvgIpc) is 3.14. The molecule has 1 fully saturated rings. The zero-order valence-electron chi connectivity index (χ0n) is 20.4. The summed E-state index contributed by atoms with van der Waals surface area (Å²) < 4.78 is 34.1. The molecule has 0 radical (unpaired) electrons. The van der Waals surface area contributed by atoms with Crippen LogP contribution in [0, 0.1) is 18.8 Å². The van der Waals surface area contributed by atoms with E-state index in [-0.39, 0.29) is 22.6 Å². The third-order valence-corrected chi connectivity index (χ3v) is 8.50. The summed E-state index contributed by atoms with van der Waals surface area (Å²) in [4.78, 5) is 13.2. The van der Waals surface area contributed by atoms with Gasteiger partial charge in [0.2, 0.25) is 10.0 Å². The Bertz CT molecular complexity index is 1260. The lowest BCUT2D eigenvalue weighted by Gasteiger charge is -2.34. The van der Waals surface area contributed by atoms with Crippen LogP contribution in [0.5, 0.6) is 0 Å². The minimum Gasteiger partial charge on any atom is -0.451 e. The maximum atomic E-state index is 13.3. The van der Waals surface area contributed by atoms with Gasteiger partial charge < -0.3 is 9.73 Å². The van der Waals surface area contributed by atoms with Gasteiger partial charge in [-0.05, 0) is 68.7 Å². The summed E-state index contributed by atoms with van der Waals surface area (Å²) in [6.07, 6.45) is 2.72. The molecule has 1 amide bonds. The zero-order chi connectivity index (χ0) is 24.5. The van der Waals surface area contributed by atoms with E-state index in [1.165, 1.54) is 5.56 Å². The van der Waals surface area contributed by atoms with Crippen molar-refractivity contribution >= 4 is 26.9 Å². The fourth-order valence-corrected chi connectivity index (χ4v) is 6.62. The number of hydrogen-bond donors (Lipinski definition) is 1. The Morgan fingerprint density at radius 2 is 1.79 bits per heavy atom. The highest BCUT2D eigenvalue weighted by Crippen LogP contribution is 2.31. The monoisotopic (exact) mass is 482 g/mol. The van der Waals surface area contributed by atoms with E-state index >= 15 is 0 Å². The number of nitrogens with zero attached hydrogens (tertiary/aromatic N) is 1. The molecule has 2 heterocycles. The Morgan fingerprint density at radius 1 is 1.12 bits per heavy atom. The zero-order valence-corrected chi connectivity index (χ0v) is 21.2. The smallest absolute Gasteiger partial charge is 0.287 e. The second-order valence-electron chi connectivity index (χ2n) is 9.88. The van der Waals surface area contributed by atoms with Crippen molar-refractivity contribution in [3.8, 4) is 0 Å². The minimum atomic E-state index is -3.61. The molecule has 4 rings (SSSR count). The van der Waals surface area contributed by atoms with Crippen LogP contribution in [0.1, 0.15) is 55.3 Å². The molecule has 1 N–H and O–H groups in total. The summed E-state index contributed by atoms with van der Waals surface area (Å²) in [7, 11) is -3.61. The first-order valence-corrected chi connectivity index (χ1v) is 13.5. The molecule has 2 aromatic carbocycles. The molecule has 34 heavy (non-hydrogen) atoms. The Balaban J connectivity index is 1.51. The number of rotatable bonds is 7. The van der Waals surface area contributed by atoms with E-state index in [2.05, 4.69) is 31.3 Å². The second-order valence-corrected chi connectivity index (χ2v) is 11.8. The fourth-order valence-electron chi connectivity index (χ4n) is 4.92. The lowest BCUT2D eigenvalue weighted by atomic mass is 9.94. The lowest BCUT2D eigenvalue weighted by molar-refractivity contribution is 0.0911. The average molecular weight is 483 g/mol. The van der Waals surface area contributed by atoms with Gasteiger partial charge in [0.25, 0.3) is 5.91 Å². The molecule has 1 aromatic heterocycles. The number of sulfonamides is 1. The van der Waals surface area contributed by atoms with Crippen LogP contribution in [0.15, 0.2) is 57.8 Å². The quantitative estimate of drug-likeness (QED) is 0.505. The SMILES string of the molecule is Cc1c(C(=O)N[C@H](C)CCc2ccccc2)oc2ccc(S(=O)(=O)N3C[C@H](C)C[C@@H](C)C3)cc12. The van der Waals surface area contributed by atoms with Gasteiger partial charge in [0.05, 0.1) is 4.90 Å². The molecule has 1 aliphatic heterocycles. The number of furan rings is 1. The number of hydrogen-bond acceptors (Lipinski definition) is 4. The van der Waals surface area contributed by atoms with Gasteiger partial charge >= 0.3 is 0 Å². The van der Waals surface area contributed by atoms with E-state index < -0.39 is 10.0 Å². The second kappa shape index (κ2) is 9.92. The molecular weight excluding hydrogens is 448 g/mol. The van der Waals surface area contributed by atoms with Gasteiger partial charge in [0.15, 0.2) is 5.76 Å². The van der Waals surface area contributed by atoms with Crippen LogP contribution in [0.3, 0.4) is 0 Å². The number of fused-ring (bicyclic) bond motifs is 1. The van der Waals surface area contributed by atoms with E-state index in [4.69, 9.17) is 4.42 Å². The maximum Gasteiger partial charge on any atom is 0.287 e. The van der Waals surface area contributed by atoms with E-state index in [0.29, 0.717) is 41.5 Å². The molecule has 0 unspecified atom stereocenters. The number of carbonyl (C=O) groups excluding carboxylic acids is 1.